The zero-order chi connectivity index (χ0) is 26.5. The third-order valence-corrected chi connectivity index (χ3v) is 8.29. The van der Waals surface area contributed by atoms with Crippen LogP contribution in [0.15, 0.2) is 75.0 Å². The fourth-order valence-electron chi connectivity index (χ4n) is 3.72. The SMILES string of the molecule is CC[C@H](C)N1C(=O)/C(=C\c2cc(I)c(OCc3ccc(Br)cc3)c(OC)c2)SC1=Nc1ccc(C)cc1. The molecule has 8 heteroatoms. The Hall–Kier alpha value is -2.30. The van der Waals surface area contributed by atoms with Crippen molar-refractivity contribution >= 4 is 73.1 Å². The van der Waals surface area contributed by atoms with Crippen molar-refractivity contribution in [3.8, 4) is 11.5 Å². The van der Waals surface area contributed by atoms with Crippen molar-refractivity contribution in [3.63, 3.8) is 0 Å². The maximum absolute atomic E-state index is 13.4. The van der Waals surface area contributed by atoms with Crippen LogP contribution in [-0.2, 0) is 11.4 Å². The highest BCUT2D eigenvalue weighted by Gasteiger charge is 2.36. The van der Waals surface area contributed by atoms with Gasteiger partial charge in [0.05, 0.1) is 21.3 Å². The van der Waals surface area contributed by atoms with E-state index in [0.717, 1.165) is 31.3 Å². The van der Waals surface area contributed by atoms with Crippen molar-refractivity contribution in [1.82, 2.24) is 4.90 Å². The lowest BCUT2D eigenvalue weighted by Gasteiger charge is -2.22. The third-order valence-electron chi connectivity index (χ3n) is 5.97. The number of aliphatic imine (C=N–C) groups is 1. The van der Waals surface area contributed by atoms with Gasteiger partial charge in [-0.05, 0) is 108 Å². The molecule has 1 aliphatic rings. The average molecular weight is 691 g/mol. The fourth-order valence-corrected chi connectivity index (χ4v) is 5.85. The third kappa shape index (κ3) is 6.78. The molecule has 1 heterocycles. The number of thioether (sulfide) groups is 1. The highest BCUT2D eigenvalue weighted by molar-refractivity contribution is 14.1. The van der Waals surface area contributed by atoms with Gasteiger partial charge in [0.1, 0.15) is 6.61 Å². The van der Waals surface area contributed by atoms with Crippen LogP contribution in [0, 0.1) is 10.5 Å². The minimum Gasteiger partial charge on any atom is -0.493 e. The van der Waals surface area contributed by atoms with Crippen molar-refractivity contribution < 1.29 is 14.3 Å². The maximum atomic E-state index is 13.4. The molecule has 0 radical (unpaired) electrons. The number of aryl methyl sites for hydroxylation is 1. The van der Waals surface area contributed by atoms with Crippen molar-refractivity contribution in [2.75, 3.05) is 7.11 Å². The second-order valence-electron chi connectivity index (χ2n) is 8.72. The molecule has 3 aromatic rings. The van der Waals surface area contributed by atoms with E-state index in [0.29, 0.717) is 28.2 Å². The number of hydrogen-bond donors (Lipinski definition) is 0. The maximum Gasteiger partial charge on any atom is 0.266 e. The lowest BCUT2D eigenvalue weighted by molar-refractivity contribution is -0.123. The Morgan fingerprint density at radius 1 is 1.14 bits per heavy atom. The summed E-state index contributed by atoms with van der Waals surface area (Å²) >= 11 is 7.11. The number of carbonyl (C=O) groups is 1. The van der Waals surface area contributed by atoms with Crippen molar-refractivity contribution in [2.24, 2.45) is 4.99 Å². The number of methoxy groups -OCH3 is 1. The summed E-state index contributed by atoms with van der Waals surface area (Å²) in [6, 6.07) is 20.0. The van der Waals surface area contributed by atoms with Crippen LogP contribution in [0.3, 0.4) is 0 Å². The van der Waals surface area contributed by atoms with E-state index in [1.165, 1.54) is 17.3 Å². The minimum atomic E-state index is -0.0326. The number of rotatable bonds is 8. The molecule has 1 amide bonds. The molecule has 4 rings (SSSR count). The topological polar surface area (TPSA) is 51.1 Å². The number of amides is 1. The molecule has 0 unspecified atom stereocenters. The molecule has 1 fully saturated rings. The quantitative estimate of drug-likeness (QED) is 0.176. The van der Waals surface area contributed by atoms with E-state index in [4.69, 9.17) is 14.5 Å². The van der Waals surface area contributed by atoms with Crippen molar-refractivity contribution in [2.45, 2.75) is 39.8 Å². The van der Waals surface area contributed by atoms with E-state index < -0.39 is 0 Å². The molecule has 0 bridgehead atoms. The molecular formula is C29H28BrIN2O3S. The van der Waals surface area contributed by atoms with Crippen LogP contribution in [0.2, 0.25) is 0 Å². The summed E-state index contributed by atoms with van der Waals surface area (Å²) in [6.07, 6.45) is 2.74. The van der Waals surface area contributed by atoms with Crippen LogP contribution >= 0.6 is 50.3 Å². The molecule has 1 atom stereocenters. The zero-order valence-corrected chi connectivity index (χ0v) is 25.7. The number of benzene rings is 3. The Morgan fingerprint density at radius 2 is 1.84 bits per heavy atom. The van der Waals surface area contributed by atoms with Crippen molar-refractivity contribution in [3.05, 3.63) is 90.3 Å². The first kappa shape index (κ1) is 27.7. The lowest BCUT2D eigenvalue weighted by Crippen LogP contribution is -2.36. The van der Waals surface area contributed by atoms with Crippen molar-refractivity contribution in [1.29, 1.82) is 0 Å². The van der Waals surface area contributed by atoms with Gasteiger partial charge in [0.25, 0.3) is 5.91 Å². The Bertz CT molecular complexity index is 1340. The zero-order valence-electron chi connectivity index (χ0n) is 21.1. The van der Waals surface area contributed by atoms with Gasteiger partial charge in [0.2, 0.25) is 0 Å². The Labute approximate surface area is 244 Å². The molecule has 3 aromatic carbocycles. The first-order chi connectivity index (χ1) is 17.8. The first-order valence-corrected chi connectivity index (χ1v) is 14.6. The van der Waals surface area contributed by atoms with Gasteiger partial charge < -0.3 is 9.47 Å². The molecule has 192 valence electrons. The number of hydrogen-bond acceptors (Lipinski definition) is 5. The van der Waals surface area contributed by atoms with E-state index in [2.05, 4.69) is 52.4 Å². The smallest absolute Gasteiger partial charge is 0.266 e. The van der Waals surface area contributed by atoms with Gasteiger partial charge in [0.15, 0.2) is 16.7 Å². The largest absolute Gasteiger partial charge is 0.493 e. The van der Waals surface area contributed by atoms with E-state index >= 15 is 0 Å². The molecular weight excluding hydrogens is 663 g/mol. The summed E-state index contributed by atoms with van der Waals surface area (Å²) in [4.78, 5) is 20.7. The standard InChI is InChI=1S/C29H28BrIN2O3S/c1-5-19(3)33-28(34)26(37-29(33)32-23-12-6-18(2)7-13-23)16-21-14-24(31)27(25(15-21)35-4)36-17-20-8-10-22(30)11-9-20/h6-16,19H,5,17H2,1-4H3/b26-16+,32-29?/t19-/m0/s1. The van der Waals surface area contributed by atoms with Crippen LogP contribution in [0.25, 0.3) is 6.08 Å². The second kappa shape index (κ2) is 12.5. The number of ether oxygens (including phenoxy) is 2. The van der Waals surface area contributed by atoms with Crippen LogP contribution in [0.5, 0.6) is 11.5 Å². The number of halogens is 2. The highest BCUT2D eigenvalue weighted by Crippen LogP contribution is 2.39. The summed E-state index contributed by atoms with van der Waals surface area (Å²) in [6.45, 7) is 6.60. The van der Waals surface area contributed by atoms with Crippen LogP contribution in [0.4, 0.5) is 5.69 Å². The summed E-state index contributed by atoms with van der Waals surface area (Å²) in [5.74, 6) is 1.27. The van der Waals surface area contributed by atoms with Gasteiger partial charge in [-0.15, -0.1) is 0 Å². The van der Waals surface area contributed by atoms with Gasteiger partial charge in [-0.1, -0.05) is 52.7 Å². The normalized spacial score (nSPS) is 16.5. The molecule has 37 heavy (non-hydrogen) atoms. The van der Waals surface area contributed by atoms with E-state index in [9.17, 15) is 4.79 Å². The molecule has 0 spiro atoms. The van der Waals surface area contributed by atoms with Crippen LogP contribution in [0.1, 0.15) is 37.0 Å². The Kier molecular flexibility index (Phi) is 9.36. The summed E-state index contributed by atoms with van der Waals surface area (Å²) in [5.41, 5.74) is 3.93. The lowest BCUT2D eigenvalue weighted by atomic mass is 10.1. The van der Waals surface area contributed by atoms with Crippen LogP contribution < -0.4 is 9.47 Å². The number of nitrogens with zero attached hydrogens (tertiary/aromatic N) is 2. The highest BCUT2D eigenvalue weighted by atomic mass is 127. The minimum absolute atomic E-state index is 0.0326. The van der Waals surface area contributed by atoms with Gasteiger partial charge in [-0.3, -0.25) is 9.69 Å². The van der Waals surface area contributed by atoms with Crippen LogP contribution in [-0.4, -0.2) is 29.1 Å². The predicted octanol–water partition coefficient (Wildman–Crippen LogP) is 8.35. The molecule has 1 aliphatic heterocycles. The summed E-state index contributed by atoms with van der Waals surface area (Å²) < 4.78 is 13.7. The van der Waals surface area contributed by atoms with Gasteiger partial charge in [-0.2, -0.15) is 0 Å². The summed E-state index contributed by atoms with van der Waals surface area (Å²) in [7, 11) is 1.63. The summed E-state index contributed by atoms with van der Waals surface area (Å²) in [5, 5.41) is 0.700. The van der Waals surface area contributed by atoms with Gasteiger partial charge >= 0.3 is 0 Å². The van der Waals surface area contributed by atoms with E-state index in [1.54, 1.807) is 12.0 Å². The Balaban J connectivity index is 1.62. The predicted molar refractivity (Wildman–Crippen MR) is 165 cm³/mol. The van der Waals surface area contributed by atoms with E-state index in [1.807, 2.05) is 73.7 Å². The molecule has 0 saturated carbocycles. The molecule has 0 aliphatic carbocycles. The average Bonchev–Trinajstić information content (AvgIpc) is 3.19. The fraction of sp³-hybridized carbons (Fsp3) is 0.241. The number of carbonyl (C=O) groups excluding carboxylic acids is 1. The number of amidine groups is 1. The van der Waals surface area contributed by atoms with E-state index in [-0.39, 0.29) is 11.9 Å². The molecule has 0 aromatic heterocycles. The first-order valence-electron chi connectivity index (χ1n) is 11.9. The van der Waals surface area contributed by atoms with Gasteiger partial charge in [-0.25, -0.2) is 4.99 Å². The molecule has 5 nitrogen and oxygen atoms in total. The molecule has 1 saturated heterocycles. The monoisotopic (exact) mass is 690 g/mol. The Morgan fingerprint density at radius 3 is 2.49 bits per heavy atom. The van der Waals surface area contributed by atoms with Gasteiger partial charge in [0, 0.05) is 10.5 Å². The molecule has 0 N–H and O–H groups in total. The second-order valence-corrected chi connectivity index (χ2v) is 11.8.